The summed E-state index contributed by atoms with van der Waals surface area (Å²) in [7, 11) is -4.92. The van der Waals surface area contributed by atoms with Crippen LogP contribution < -0.4 is 4.74 Å². The molecule has 4 rings (SSSR count). The summed E-state index contributed by atoms with van der Waals surface area (Å²) in [5.74, 6) is 0.647. The van der Waals surface area contributed by atoms with Gasteiger partial charge in [-0.3, -0.25) is 9.35 Å². The minimum absolute atomic E-state index is 0.0893. The molecule has 0 aromatic heterocycles. The monoisotopic (exact) mass is 406 g/mol. The molecule has 1 unspecified atom stereocenters. The van der Waals surface area contributed by atoms with Crippen LogP contribution in [0.15, 0.2) is 42.5 Å². The Kier molecular flexibility index (Phi) is 5.18. The Hall–Kier alpha value is -3.21. The number of ketones is 1. The van der Waals surface area contributed by atoms with Crippen LogP contribution in [0.25, 0.3) is 6.08 Å². The number of allylic oxidation sites excluding steroid dienone is 1. The van der Waals surface area contributed by atoms with Gasteiger partial charge in [-0.1, -0.05) is 0 Å². The molecule has 3 N–H and O–H groups in total. The summed E-state index contributed by atoms with van der Waals surface area (Å²) in [5, 5.41) is 19.1. The largest absolute Gasteiger partial charge is 0.726 e. The van der Waals surface area contributed by atoms with Crippen molar-refractivity contribution >= 4 is 28.2 Å². The average molecular weight is 406 g/mol. The van der Waals surface area contributed by atoms with Gasteiger partial charge >= 0.3 is 17.5 Å². The quantitative estimate of drug-likeness (QED) is 0.149. The number of hydrogen-bond acceptors (Lipinski definition) is 7. The smallest absolute Gasteiger partial charge is 0.359 e. The highest BCUT2D eigenvalue weighted by Gasteiger charge is 2.40. The molecule has 0 aliphatic carbocycles. The van der Waals surface area contributed by atoms with Gasteiger partial charge in [-0.2, -0.15) is 0 Å². The van der Waals surface area contributed by atoms with Crippen molar-refractivity contribution in [1.82, 2.24) is 0 Å². The molecule has 0 saturated carbocycles. The molecule has 2 aromatic carbocycles. The number of rotatable bonds is 0. The van der Waals surface area contributed by atoms with Crippen LogP contribution >= 0.6 is 0 Å². The van der Waals surface area contributed by atoms with Gasteiger partial charge in [-0.15, -0.1) is 0 Å². The number of hydrogen-bond donors (Lipinski definition) is 3. The summed E-state index contributed by atoms with van der Waals surface area (Å²) in [4.78, 5) is 12.5. The zero-order chi connectivity index (χ0) is 20.5. The van der Waals surface area contributed by atoms with Gasteiger partial charge in [0.05, 0.1) is 11.6 Å². The van der Waals surface area contributed by atoms with Gasteiger partial charge in [0.2, 0.25) is 10.4 Å². The fourth-order valence-corrected chi connectivity index (χ4v) is 2.79. The zero-order valence-corrected chi connectivity index (χ0v) is 14.9. The average Bonchev–Trinajstić information content (AvgIpc) is 2.58. The number of esters is 1. The third kappa shape index (κ3) is 4.74. The molecular formula is C18H14O9S. The van der Waals surface area contributed by atoms with Crippen LogP contribution in [0.2, 0.25) is 0 Å². The van der Waals surface area contributed by atoms with Crippen molar-refractivity contribution in [1.29, 1.82) is 0 Å². The van der Waals surface area contributed by atoms with E-state index in [1.54, 1.807) is 30.4 Å². The first-order chi connectivity index (χ1) is 13.1. The van der Waals surface area contributed by atoms with E-state index in [4.69, 9.17) is 26.7 Å². The van der Waals surface area contributed by atoms with E-state index in [1.165, 1.54) is 18.2 Å². The Morgan fingerprint density at radius 3 is 2.43 bits per heavy atom. The highest BCUT2D eigenvalue weighted by Crippen LogP contribution is 2.34. The maximum atomic E-state index is 12.5. The van der Waals surface area contributed by atoms with Crippen molar-refractivity contribution in [3.8, 4) is 23.0 Å². The van der Waals surface area contributed by atoms with Crippen molar-refractivity contribution < 1.29 is 41.7 Å². The van der Waals surface area contributed by atoms with E-state index in [-0.39, 0.29) is 11.5 Å². The van der Waals surface area contributed by atoms with Gasteiger partial charge in [0.25, 0.3) is 0 Å². The Bertz CT molecular complexity index is 1090. The molecule has 0 bridgehead atoms. The number of carbonyl (C=O) groups is 1. The molecule has 0 fully saturated rings. The van der Waals surface area contributed by atoms with E-state index in [9.17, 15) is 15.0 Å². The number of carbonyl (C=O) groups excluding carboxylic acids is 2. The third-order valence-electron chi connectivity index (χ3n) is 3.96. The minimum Gasteiger partial charge on any atom is -0.726 e. The normalized spacial score (nSPS) is 18.6. The number of fused-ring (bicyclic) bond motifs is 3. The molecule has 0 saturated heterocycles. The van der Waals surface area contributed by atoms with Crippen molar-refractivity contribution in [3.63, 3.8) is 0 Å². The number of ether oxygens (including phenoxy) is 1. The Morgan fingerprint density at radius 2 is 1.71 bits per heavy atom. The number of phenols is 2. The SMILES string of the molecule is O=C1Oc2ccc(O)cc2/C=C\C2=[O+]c3cc(O)ccc3CC12.O=S(=O)([O-])O. The minimum atomic E-state index is -4.92. The molecule has 1 atom stereocenters. The van der Waals surface area contributed by atoms with Crippen molar-refractivity contribution in [3.05, 3.63) is 53.6 Å². The van der Waals surface area contributed by atoms with E-state index >= 15 is 0 Å². The van der Waals surface area contributed by atoms with E-state index in [2.05, 4.69) is 0 Å². The fraction of sp³-hybridized carbons (Fsp3) is 0.111. The van der Waals surface area contributed by atoms with Crippen LogP contribution in [-0.4, -0.2) is 39.5 Å². The highest BCUT2D eigenvalue weighted by atomic mass is 32.3. The zero-order valence-electron chi connectivity index (χ0n) is 14.1. The van der Waals surface area contributed by atoms with E-state index < -0.39 is 22.3 Å². The topological polar surface area (TPSA) is 155 Å². The molecule has 0 spiro atoms. The van der Waals surface area contributed by atoms with E-state index in [0.717, 1.165) is 5.56 Å². The van der Waals surface area contributed by atoms with Gasteiger partial charge in [0.1, 0.15) is 17.2 Å². The number of phenolic OH excluding ortho intramolecular Hbond substituents is 2. The second-order valence-corrected chi connectivity index (χ2v) is 6.81. The van der Waals surface area contributed by atoms with E-state index in [1.807, 2.05) is 0 Å². The lowest BCUT2D eigenvalue weighted by Crippen LogP contribution is -2.32. The lowest BCUT2D eigenvalue weighted by Gasteiger charge is -2.17. The lowest BCUT2D eigenvalue weighted by atomic mass is 9.91. The highest BCUT2D eigenvalue weighted by molar-refractivity contribution is 7.79. The van der Waals surface area contributed by atoms with Gasteiger partial charge < -0.3 is 19.5 Å². The summed E-state index contributed by atoms with van der Waals surface area (Å²) in [5.41, 5.74) is 1.43. The maximum Gasteiger partial charge on any atom is 0.359 e. The molecule has 146 valence electrons. The van der Waals surface area contributed by atoms with Gasteiger partial charge in [-0.25, -0.2) is 12.8 Å². The van der Waals surface area contributed by atoms with Crippen molar-refractivity contribution in [2.24, 2.45) is 5.92 Å². The third-order valence-corrected chi connectivity index (χ3v) is 3.96. The first kappa shape index (κ1) is 19.5. The number of aromatic hydroxyl groups is 2. The standard InChI is InChI=1S/C18H12O5.H2O4S/c19-12-4-6-15-10(7-12)2-5-16-14(18(21)23-15)8-11-1-3-13(20)9-17(11)22-16;1-5(2,3)4/h1-7,9,14H,8H2,(H-,19,20);(H2,1,2,3,4). The molecule has 2 aliphatic rings. The predicted octanol–water partition coefficient (Wildman–Crippen LogP) is 1.73. The molecule has 2 heterocycles. The molecule has 2 aliphatic heterocycles. The summed E-state index contributed by atoms with van der Waals surface area (Å²) >= 11 is 0. The first-order valence-corrected chi connectivity index (χ1v) is 9.24. The van der Waals surface area contributed by atoms with Gasteiger partial charge in [-0.05, 0) is 36.4 Å². The molecule has 2 aromatic rings. The Balaban J connectivity index is 0.000000403. The van der Waals surface area contributed by atoms with Crippen LogP contribution in [0.5, 0.6) is 23.0 Å². The summed E-state index contributed by atoms with van der Waals surface area (Å²) < 4.78 is 44.1. The molecule has 0 radical (unpaired) electrons. The van der Waals surface area contributed by atoms with Gasteiger partial charge in [0.15, 0.2) is 5.92 Å². The molecule has 0 amide bonds. The Morgan fingerprint density at radius 1 is 1.07 bits per heavy atom. The second-order valence-electron chi connectivity index (χ2n) is 5.96. The predicted molar refractivity (Wildman–Crippen MR) is 94.9 cm³/mol. The summed E-state index contributed by atoms with van der Waals surface area (Å²) in [6.45, 7) is 0. The maximum absolute atomic E-state index is 12.5. The summed E-state index contributed by atoms with van der Waals surface area (Å²) in [6, 6.07) is 9.38. The first-order valence-electron chi connectivity index (χ1n) is 7.88. The molecule has 10 heteroatoms. The molecular weight excluding hydrogens is 392 g/mol. The number of benzene rings is 2. The van der Waals surface area contributed by atoms with Crippen molar-refractivity contribution in [2.45, 2.75) is 6.42 Å². The van der Waals surface area contributed by atoms with Crippen LogP contribution in [0.1, 0.15) is 11.1 Å². The van der Waals surface area contributed by atoms with Crippen LogP contribution in [0.3, 0.4) is 0 Å². The fourth-order valence-electron chi connectivity index (χ4n) is 2.79. The Labute approximate surface area is 159 Å². The van der Waals surface area contributed by atoms with Crippen molar-refractivity contribution in [2.75, 3.05) is 0 Å². The second kappa shape index (κ2) is 7.43. The van der Waals surface area contributed by atoms with Gasteiger partial charge in [0, 0.05) is 18.1 Å². The molecule has 28 heavy (non-hydrogen) atoms. The molecule has 9 nitrogen and oxygen atoms in total. The van der Waals surface area contributed by atoms with Crippen LogP contribution in [-0.2, 0) is 26.0 Å². The van der Waals surface area contributed by atoms with Crippen LogP contribution in [0, 0.1) is 5.92 Å². The van der Waals surface area contributed by atoms with E-state index in [0.29, 0.717) is 29.3 Å². The lowest BCUT2D eigenvalue weighted by molar-refractivity contribution is -0.372. The summed E-state index contributed by atoms with van der Waals surface area (Å²) in [6.07, 6.45) is 3.88. The van der Waals surface area contributed by atoms with Crippen LogP contribution in [0.4, 0.5) is 0 Å².